The fourth-order valence-electron chi connectivity index (χ4n) is 2.88. The van der Waals surface area contributed by atoms with Gasteiger partial charge in [0.05, 0.1) is 23.1 Å². The van der Waals surface area contributed by atoms with Crippen molar-refractivity contribution in [3.63, 3.8) is 0 Å². The number of carbonyl (C=O) groups is 1. The molecule has 1 aliphatic rings. The lowest BCUT2D eigenvalue weighted by Crippen LogP contribution is -2.48. The van der Waals surface area contributed by atoms with Gasteiger partial charge in [0, 0.05) is 12.1 Å². The van der Waals surface area contributed by atoms with Crippen molar-refractivity contribution in [1.82, 2.24) is 4.90 Å². The SMILES string of the molecule is CC[C@H](C)N(C(=O)COc1cccc(C#N)c1)[C@@H]1CCS(=O)(=O)C1. The number of ether oxygens (including phenoxy) is 1. The molecule has 1 amide bonds. The molecule has 0 spiro atoms. The molecule has 2 rings (SSSR count). The molecule has 1 heterocycles. The van der Waals surface area contributed by atoms with Crippen molar-refractivity contribution in [3.8, 4) is 11.8 Å². The number of nitriles is 1. The molecule has 0 radical (unpaired) electrons. The smallest absolute Gasteiger partial charge is 0.261 e. The van der Waals surface area contributed by atoms with Crippen molar-refractivity contribution in [1.29, 1.82) is 5.26 Å². The second kappa shape index (κ2) is 7.67. The normalized spacial score (nSPS) is 20.1. The molecular formula is C17H22N2O4S. The molecule has 24 heavy (non-hydrogen) atoms. The van der Waals surface area contributed by atoms with Crippen molar-refractivity contribution < 1.29 is 17.9 Å². The Morgan fingerprint density at radius 2 is 2.25 bits per heavy atom. The van der Waals surface area contributed by atoms with Crippen LogP contribution in [0.3, 0.4) is 0 Å². The van der Waals surface area contributed by atoms with Crippen LogP contribution in [0.25, 0.3) is 0 Å². The van der Waals surface area contributed by atoms with Crippen molar-refractivity contribution >= 4 is 15.7 Å². The van der Waals surface area contributed by atoms with Crippen LogP contribution in [-0.4, -0.2) is 49.4 Å². The Labute approximate surface area is 142 Å². The molecule has 0 N–H and O–H groups in total. The number of hydrogen-bond acceptors (Lipinski definition) is 5. The maximum Gasteiger partial charge on any atom is 0.261 e. The van der Waals surface area contributed by atoms with Gasteiger partial charge in [-0.25, -0.2) is 8.42 Å². The van der Waals surface area contributed by atoms with E-state index in [9.17, 15) is 13.2 Å². The van der Waals surface area contributed by atoms with Crippen LogP contribution in [0.15, 0.2) is 24.3 Å². The molecule has 0 aromatic heterocycles. The van der Waals surface area contributed by atoms with Crippen LogP contribution in [0.5, 0.6) is 5.75 Å². The van der Waals surface area contributed by atoms with Gasteiger partial charge in [-0.1, -0.05) is 13.0 Å². The van der Waals surface area contributed by atoms with Gasteiger partial charge in [-0.3, -0.25) is 4.79 Å². The molecule has 0 saturated carbocycles. The second-order valence-electron chi connectivity index (χ2n) is 6.04. The Morgan fingerprint density at radius 3 is 2.83 bits per heavy atom. The summed E-state index contributed by atoms with van der Waals surface area (Å²) in [6.45, 7) is 3.71. The lowest BCUT2D eigenvalue weighted by atomic mass is 10.1. The van der Waals surface area contributed by atoms with Crippen molar-refractivity contribution in [2.24, 2.45) is 0 Å². The van der Waals surface area contributed by atoms with E-state index in [-0.39, 0.29) is 36.1 Å². The molecule has 1 aromatic rings. The van der Waals surface area contributed by atoms with Gasteiger partial charge >= 0.3 is 0 Å². The lowest BCUT2D eigenvalue weighted by Gasteiger charge is -2.33. The average Bonchev–Trinajstić information content (AvgIpc) is 2.92. The fourth-order valence-corrected chi connectivity index (χ4v) is 4.59. The summed E-state index contributed by atoms with van der Waals surface area (Å²) in [7, 11) is -3.06. The van der Waals surface area contributed by atoms with Gasteiger partial charge in [0.1, 0.15) is 5.75 Å². The average molecular weight is 350 g/mol. The van der Waals surface area contributed by atoms with E-state index >= 15 is 0 Å². The van der Waals surface area contributed by atoms with Crippen molar-refractivity contribution in [3.05, 3.63) is 29.8 Å². The van der Waals surface area contributed by atoms with Gasteiger partial charge in [0.2, 0.25) is 0 Å². The number of hydrogen-bond donors (Lipinski definition) is 0. The number of carbonyl (C=O) groups excluding carboxylic acids is 1. The second-order valence-corrected chi connectivity index (χ2v) is 8.27. The molecule has 0 bridgehead atoms. The molecule has 0 aliphatic carbocycles. The van der Waals surface area contributed by atoms with E-state index in [1.165, 1.54) is 0 Å². The molecule has 1 aliphatic heterocycles. The minimum absolute atomic E-state index is 0.0208. The third-order valence-corrected chi connectivity index (χ3v) is 6.03. The molecule has 130 valence electrons. The fraction of sp³-hybridized carbons (Fsp3) is 0.529. The van der Waals surface area contributed by atoms with Crippen LogP contribution < -0.4 is 4.74 Å². The number of sulfone groups is 1. The van der Waals surface area contributed by atoms with E-state index in [2.05, 4.69) is 0 Å². The third kappa shape index (κ3) is 4.48. The Kier molecular flexibility index (Phi) is 5.84. The Morgan fingerprint density at radius 1 is 1.50 bits per heavy atom. The van der Waals surface area contributed by atoms with Crippen LogP contribution in [0, 0.1) is 11.3 Å². The standard InChI is InChI=1S/C17H22N2O4S/c1-3-13(2)19(15-7-8-24(21,22)12-15)17(20)11-23-16-6-4-5-14(9-16)10-18/h4-6,9,13,15H,3,7-8,11-12H2,1-2H3/t13-,15+/m0/s1. The highest BCUT2D eigenvalue weighted by Crippen LogP contribution is 2.22. The first-order valence-corrected chi connectivity index (χ1v) is 9.83. The number of amides is 1. The first-order chi connectivity index (χ1) is 11.4. The van der Waals surface area contributed by atoms with Crippen LogP contribution in [0.1, 0.15) is 32.3 Å². The molecule has 7 heteroatoms. The summed E-state index contributed by atoms with van der Waals surface area (Å²) in [5, 5.41) is 8.89. The van der Waals surface area contributed by atoms with Crippen molar-refractivity contribution in [2.75, 3.05) is 18.1 Å². The van der Waals surface area contributed by atoms with E-state index in [0.717, 1.165) is 6.42 Å². The Hall–Kier alpha value is -2.07. The van der Waals surface area contributed by atoms with Crippen molar-refractivity contribution in [2.45, 2.75) is 38.8 Å². The zero-order valence-electron chi connectivity index (χ0n) is 13.9. The maximum atomic E-state index is 12.6. The number of nitrogens with zero attached hydrogens (tertiary/aromatic N) is 2. The molecule has 1 fully saturated rings. The highest BCUT2D eigenvalue weighted by Gasteiger charge is 2.36. The maximum absolute atomic E-state index is 12.6. The van der Waals surface area contributed by atoms with Gasteiger partial charge in [-0.05, 0) is 38.0 Å². The van der Waals surface area contributed by atoms with Gasteiger partial charge in [0.15, 0.2) is 16.4 Å². The Balaban J connectivity index is 2.06. The van der Waals surface area contributed by atoms with Gasteiger partial charge in [0.25, 0.3) is 5.91 Å². The van der Waals surface area contributed by atoms with Crippen LogP contribution in [0.4, 0.5) is 0 Å². The van der Waals surface area contributed by atoms with Crippen LogP contribution in [0.2, 0.25) is 0 Å². The molecule has 2 atom stereocenters. The van der Waals surface area contributed by atoms with E-state index in [1.54, 1.807) is 29.2 Å². The largest absolute Gasteiger partial charge is 0.484 e. The highest BCUT2D eigenvalue weighted by atomic mass is 32.2. The van der Waals surface area contributed by atoms with Crippen LogP contribution >= 0.6 is 0 Å². The van der Waals surface area contributed by atoms with Crippen LogP contribution in [-0.2, 0) is 14.6 Å². The summed E-state index contributed by atoms with van der Waals surface area (Å²) in [5.41, 5.74) is 0.459. The summed E-state index contributed by atoms with van der Waals surface area (Å²) < 4.78 is 29.0. The highest BCUT2D eigenvalue weighted by molar-refractivity contribution is 7.91. The zero-order valence-corrected chi connectivity index (χ0v) is 14.8. The van der Waals surface area contributed by atoms with Gasteiger partial charge < -0.3 is 9.64 Å². The van der Waals surface area contributed by atoms with E-state index < -0.39 is 9.84 Å². The van der Waals surface area contributed by atoms with Gasteiger partial charge in [-0.2, -0.15) is 5.26 Å². The molecule has 0 unspecified atom stereocenters. The quantitative estimate of drug-likeness (QED) is 0.780. The number of benzene rings is 1. The topological polar surface area (TPSA) is 87.5 Å². The summed E-state index contributed by atoms with van der Waals surface area (Å²) >= 11 is 0. The predicted octanol–water partition coefficient (Wildman–Crippen LogP) is 1.75. The van der Waals surface area contributed by atoms with E-state index in [4.69, 9.17) is 10.00 Å². The van der Waals surface area contributed by atoms with E-state index in [0.29, 0.717) is 17.7 Å². The first-order valence-electron chi connectivity index (χ1n) is 8.01. The zero-order chi connectivity index (χ0) is 17.7. The molecule has 6 nitrogen and oxygen atoms in total. The molecular weight excluding hydrogens is 328 g/mol. The number of rotatable bonds is 6. The molecule has 1 saturated heterocycles. The van der Waals surface area contributed by atoms with E-state index in [1.807, 2.05) is 19.9 Å². The summed E-state index contributed by atoms with van der Waals surface area (Å²) in [6, 6.07) is 8.28. The summed E-state index contributed by atoms with van der Waals surface area (Å²) in [6.07, 6.45) is 1.22. The minimum atomic E-state index is -3.06. The minimum Gasteiger partial charge on any atom is -0.484 e. The summed E-state index contributed by atoms with van der Waals surface area (Å²) in [4.78, 5) is 14.3. The lowest BCUT2D eigenvalue weighted by molar-refractivity contribution is -0.137. The first kappa shape index (κ1) is 18.3. The predicted molar refractivity (Wildman–Crippen MR) is 90.3 cm³/mol. The van der Waals surface area contributed by atoms with Gasteiger partial charge in [-0.15, -0.1) is 0 Å². The molecule has 1 aromatic carbocycles. The third-order valence-electron chi connectivity index (χ3n) is 4.28. The monoisotopic (exact) mass is 350 g/mol. The Bertz CT molecular complexity index is 739. The summed E-state index contributed by atoms with van der Waals surface area (Å²) in [5.74, 6) is 0.370.